The average molecular weight is 398 g/mol. The van der Waals surface area contributed by atoms with Crippen LogP contribution in [0.5, 0.6) is 0 Å². The summed E-state index contributed by atoms with van der Waals surface area (Å²) >= 11 is 0. The molecular weight excluding hydrogens is 371 g/mol. The second kappa shape index (κ2) is 9.17. The molecule has 0 spiro atoms. The zero-order valence-electron chi connectivity index (χ0n) is 16.7. The first-order valence-corrected chi connectivity index (χ1v) is 10.3. The molecule has 0 saturated carbocycles. The summed E-state index contributed by atoms with van der Waals surface area (Å²) in [5.74, 6) is 1.54. The van der Waals surface area contributed by atoms with Crippen LogP contribution in [0.2, 0.25) is 0 Å². The Hall–Kier alpha value is -2.74. The largest absolute Gasteiger partial charge is 0.467 e. The summed E-state index contributed by atoms with van der Waals surface area (Å²) in [6.07, 6.45) is 4.88. The topological polar surface area (TPSA) is 63.2 Å². The molecule has 0 amide bonds. The smallest absolute Gasteiger partial charge is 0.168 e. The average Bonchev–Trinajstić information content (AvgIpc) is 3.42. The molecular formula is C21H27FN6O. The van der Waals surface area contributed by atoms with Crippen molar-refractivity contribution >= 4 is 5.69 Å². The van der Waals surface area contributed by atoms with E-state index in [1.807, 2.05) is 28.9 Å². The molecule has 0 radical (unpaired) electrons. The van der Waals surface area contributed by atoms with E-state index >= 15 is 0 Å². The first kappa shape index (κ1) is 19.6. The first-order chi connectivity index (χ1) is 14.3. The van der Waals surface area contributed by atoms with E-state index in [-0.39, 0.29) is 11.9 Å². The third-order valence-electron chi connectivity index (χ3n) is 5.52. The summed E-state index contributed by atoms with van der Waals surface area (Å²) in [4.78, 5) is 4.55. The van der Waals surface area contributed by atoms with Gasteiger partial charge in [0.05, 0.1) is 18.0 Å². The molecule has 1 aromatic carbocycles. The number of anilines is 1. The number of benzene rings is 1. The monoisotopic (exact) mass is 398 g/mol. The molecule has 29 heavy (non-hydrogen) atoms. The lowest BCUT2D eigenvalue weighted by atomic mass is 10.1. The predicted octanol–water partition coefficient (Wildman–Crippen LogP) is 3.51. The number of tetrazole rings is 1. The minimum Gasteiger partial charge on any atom is -0.467 e. The van der Waals surface area contributed by atoms with Crippen LogP contribution in [0.1, 0.15) is 43.8 Å². The third-order valence-corrected chi connectivity index (χ3v) is 5.52. The number of hydrogen-bond acceptors (Lipinski definition) is 6. The molecule has 0 aliphatic carbocycles. The maximum absolute atomic E-state index is 14.2. The number of furan rings is 1. The van der Waals surface area contributed by atoms with Crippen molar-refractivity contribution < 1.29 is 8.81 Å². The van der Waals surface area contributed by atoms with Crippen molar-refractivity contribution in [3.05, 3.63) is 60.1 Å². The second-order valence-corrected chi connectivity index (χ2v) is 7.41. The van der Waals surface area contributed by atoms with Crippen molar-refractivity contribution in [3.8, 4) is 0 Å². The Balaban J connectivity index is 1.48. The Kier molecular flexibility index (Phi) is 6.19. The van der Waals surface area contributed by atoms with Crippen molar-refractivity contribution in [1.29, 1.82) is 0 Å². The fraction of sp³-hybridized carbons (Fsp3) is 0.476. The van der Waals surface area contributed by atoms with E-state index in [4.69, 9.17) is 4.42 Å². The molecule has 3 heterocycles. The zero-order chi connectivity index (χ0) is 20.1. The summed E-state index contributed by atoms with van der Waals surface area (Å²) in [6.45, 7) is 5.96. The van der Waals surface area contributed by atoms with Gasteiger partial charge in [-0.25, -0.2) is 9.07 Å². The van der Waals surface area contributed by atoms with Crippen LogP contribution < -0.4 is 4.90 Å². The van der Waals surface area contributed by atoms with Crippen molar-refractivity contribution in [2.45, 2.75) is 38.8 Å². The van der Waals surface area contributed by atoms with Gasteiger partial charge in [0.1, 0.15) is 18.1 Å². The van der Waals surface area contributed by atoms with Gasteiger partial charge in [-0.1, -0.05) is 31.9 Å². The Morgan fingerprint density at radius 3 is 2.66 bits per heavy atom. The zero-order valence-corrected chi connectivity index (χ0v) is 16.7. The van der Waals surface area contributed by atoms with Crippen molar-refractivity contribution in [3.63, 3.8) is 0 Å². The number of unbranched alkanes of at least 4 members (excludes halogenated alkanes) is 1. The van der Waals surface area contributed by atoms with E-state index in [0.29, 0.717) is 12.2 Å². The van der Waals surface area contributed by atoms with Crippen LogP contribution in [0.25, 0.3) is 0 Å². The van der Waals surface area contributed by atoms with Gasteiger partial charge in [0.25, 0.3) is 0 Å². The fourth-order valence-corrected chi connectivity index (χ4v) is 3.97. The normalized spacial score (nSPS) is 16.3. The quantitative estimate of drug-likeness (QED) is 0.579. The van der Waals surface area contributed by atoms with Gasteiger partial charge in [-0.05, 0) is 41.1 Å². The fourth-order valence-electron chi connectivity index (χ4n) is 3.97. The Morgan fingerprint density at radius 2 is 1.93 bits per heavy atom. The molecule has 3 aromatic rings. The molecule has 8 heteroatoms. The molecule has 1 fully saturated rings. The van der Waals surface area contributed by atoms with E-state index in [9.17, 15) is 4.39 Å². The minimum absolute atomic E-state index is 0.141. The molecule has 0 N–H and O–H groups in total. The molecule has 4 rings (SSSR count). The number of halogens is 1. The van der Waals surface area contributed by atoms with Crippen molar-refractivity contribution in [2.75, 3.05) is 31.1 Å². The maximum Gasteiger partial charge on any atom is 0.168 e. The standard InChI is InChI=1S/C21H27FN6O/c1-2-3-9-20(21-23-24-25-28(21)16-17-7-6-15-29-17)27-13-11-26(12-14-27)19-10-5-4-8-18(19)22/h4-8,10,15,20H,2-3,9,11-14,16H2,1H3/t20-/m1/s1. The number of piperazine rings is 1. The highest BCUT2D eigenvalue weighted by Crippen LogP contribution is 2.28. The van der Waals surface area contributed by atoms with Gasteiger partial charge in [-0.2, -0.15) is 0 Å². The van der Waals surface area contributed by atoms with Crippen LogP contribution >= 0.6 is 0 Å². The molecule has 1 atom stereocenters. The van der Waals surface area contributed by atoms with Crippen LogP contribution in [-0.4, -0.2) is 51.3 Å². The van der Waals surface area contributed by atoms with Gasteiger partial charge in [0.2, 0.25) is 0 Å². The molecule has 1 saturated heterocycles. The highest BCUT2D eigenvalue weighted by molar-refractivity contribution is 5.48. The predicted molar refractivity (Wildman–Crippen MR) is 108 cm³/mol. The number of rotatable bonds is 8. The van der Waals surface area contributed by atoms with E-state index in [0.717, 1.165) is 57.0 Å². The van der Waals surface area contributed by atoms with Gasteiger partial charge < -0.3 is 9.32 Å². The van der Waals surface area contributed by atoms with Crippen LogP contribution in [0, 0.1) is 5.82 Å². The van der Waals surface area contributed by atoms with Gasteiger partial charge in [0.15, 0.2) is 5.82 Å². The summed E-state index contributed by atoms with van der Waals surface area (Å²) in [6, 6.07) is 10.9. The number of nitrogens with zero attached hydrogens (tertiary/aromatic N) is 6. The lowest BCUT2D eigenvalue weighted by Crippen LogP contribution is -2.48. The van der Waals surface area contributed by atoms with Gasteiger partial charge in [-0.3, -0.25) is 4.90 Å². The maximum atomic E-state index is 14.2. The summed E-state index contributed by atoms with van der Waals surface area (Å²) < 4.78 is 21.5. The van der Waals surface area contributed by atoms with Crippen LogP contribution in [0.15, 0.2) is 47.1 Å². The molecule has 154 valence electrons. The van der Waals surface area contributed by atoms with Gasteiger partial charge in [0, 0.05) is 26.2 Å². The summed E-state index contributed by atoms with van der Waals surface area (Å²) in [7, 11) is 0. The van der Waals surface area contributed by atoms with Crippen molar-refractivity contribution in [1.82, 2.24) is 25.1 Å². The molecule has 1 aliphatic rings. The first-order valence-electron chi connectivity index (χ1n) is 10.3. The molecule has 0 unspecified atom stereocenters. The SMILES string of the molecule is CCCC[C@H](c1nnnn1Cc1ccco1)N1CCN(c2ccccc2F)CC1. The molecule has 0 bridgehead atoms. The molecule has 7 nitrogen and oxygen atoms in total. The second-order valence-electron chi connectivity index (χ2n) is 7.41. The van der Waals surface area contributed by atoms with Crippen LogP contribution in [0.4, 0.5) is 10.1 Å². The Labute approximate surface area is 170 Å². The van der Waals surface area contributed by atoms with E-state index < -0.39 is 0 Å². The van der Waals surface area contributed by atoms with E-state index in [1.54, 1.807) is 12.3 Å². The lowest BCUT2D eigenvalue weighted by molar-refractivity contribution is 0.162. The Bertz CT molecular complexity index is 888. The Morgan fingerprint density at radius 1 is 1.10 bits per heavy atom. The van der Waals surface area contributed by atoms with Crippen LogP contribution in [-0.2, 0) is 6.54 Å². The van der Waals surface area contributed by atoms with Gasteiger partial charge in [-0.15, -0.1) is 5.10 Å². The molecule has 2 aromatic heterocycles. The van der Waals surface area contributed by atoms with E-state index in [1.165, 1.54) is 6.07 Å². The number of hydrogen-bond donors (Lipinski definition) is 0. The number of para-hydroxylation sites is 1. The molecule has 1 aliphatic heterocycles. The minimum atomic E-state index is -0.161. The highest BCUT2D eigenvalue weighted by Gasteiger charge is 2.29. The lowest BCUT2D eigenvalue weighted by Gasteiger charge is -2.39. The van der Waals surface area contributed by atoms with Gasteiger partial charge >= 0.3 is 0 Å². The number of aromatic nitrogens is 4. The van der Waals surface area contributed by atoms with Crippen molar-refractivity contribution in [2.24, 2.45) is 0 Å². The van der Waals surface area contributed by atoms with Crippen LogP contribution in [0.3, 0.4) is 0 Å². The third kappa shape index (κ3) is 4.48. The highest BCUT2D eigenvalue weighted by atomic mass is 19.1. The van der Waals surface area contributed by atoms with E-state index in [2.05, 4.69) is 32.2 Å². The summed E-state index contributed by atoms with van der Waals surface area (Å²) in [5.41, 5.74) is 0.680. The summed E-state index contributed by atoms with van der Waals surface area (Å²) in [5, 5.41) is 12.5.